The van der Waals surface area contributed by atoms with E-state index in [-0.39, 0.29) is 55.6 Å². The first-order valence-electron chi connectivity index (χ1n) is 11.2. The second kappa shape index (κ2) is 10.0. The van der Waals surface area contributed by atoms with Crippen LogP contribution in [0, 0.1) is 13.8 Å². The van der Waals surface area contributed by atoms with Crippen LogP contribution in [0.5, 0.6) is 5.88 Å². The molecule has 0 fully saturated rings. The lowest BCUT2D eigenvalue weighted by Gasteiger charge is -2.28. The van der Waals surface area contributed by atoms with Crippen LogP contribution in [-0.2, 0) is 31.2 Å². The summed E-state index contributed by atoms with van der Waals surface area (Å²) in [6.45, 7) is 5.16. The van der Waals surface area contributed by atoms with Crippen LogP contribution < -0.4 is 4.18 Å². The Morgan fingerprint density at radius 1 is 1.19 bits per heavy atom. The zero-order valence-electron chi connectivity index (χ0n) is 20.4. The Morgan fingerprint density at radius 2 is 1.89 bits per heavy atom. The molecule has 0 aliphatic carbocycles. The molecule has 37 heavy (non-hydrogen) atoms. The Kier molecular flexibility index (Phi) is 7.48. The summed E-state index contributed by atoms with van der Waals surface area (Å²) >= 11 is 12.0. The van der Waals surface area contributed by atoms with Crippen LogP contribution in [0.3, 0.4) is 0 Å². The lowest BCUT2D eigenvalue weighted by Crippen LogP contribution is -2.25. The average Bonchev–Trinajstić information content (AvgIpc) is 3.23. The number of fused-ring (bicyclic) bond motifs is 1. The van der Waals surface area contributed by atoms with Crippen molar-refractivity contribution < 1.29 is 30.6 Å². The summed E-state index contributed by atoms with van der Waals surface area (Å²) in [5, 5.41) is 4.15. The maximum atomic E-state index is 13.8. The molecule has 198 valence electrons. The number of aryl methyl sites for hydroxylation is 2. The highest BCUT2D eigenvalue weighted by Crippen LogP contribution is 2.41. The highest BCUT2D eigenvalue weighted by Gasteiger charge is 2.36. The third kappa shape index (κ3) is 4.90. The smallest absolute Gasteiger partial charge is 0.342 e. The van der Waals surface area contributed by atoms with Gasteiger partial charge in [0.1, 0.15) is 10.5 Å². The van der Waals surface area contributed by atoms with Crippen LogP contribution in [0.2, 0.25) is 10.0 Å². The van der Waals surface area contributed by atoms with Crippen LogP contribution in [0.25, 0.3) is 0 Å². The lowest BCUT2D eigenvalue weighted by atomic mass is 9.90. The molecule has 0 N–H and O–H groups in total. The van der Waals surface area contributed by atoms with Crippen molar-refractivity contribution in [2.24, 2.45) is 0 Å². The molecule has 0 saturated heterocycles. The minimum Gasteiger partial charge on any atom is -0.377 e. The van der Waals surface area contributed by atoms with E-state index in [9.17, 15) is 21.6 Å². The molecule has 0 saturated carbocycles. The molecular weight excluding hydrogens is 563 g/mol. The Labute approximate surface area is 225 Å². The number of benzene rings is 2. The molecule has 4 rings (SSSR count). The Balaban J connectivity index is 1.85. The van der Waals surface area contributed by atoms with Gasteiger partial charge in [-0.3, -0.25) is 4.79 Å². The SMILES string of the molecule is CCn1ncc(C(=O)c2cc(C)c3c(c2C)C(OC)CCS3(=O)=O)c1OS(=O)(=O)c1cc(Cl)ccc1Cl. The predicted molar refractivity (Wildman–Crippen MR) is 138 cm³/mol. The molecule has 1 unspecified atom stereocenters. The maximum absolute atomic E-state index is 13.8. The van der Waals surface area contributed by atoms with Crippen LogP contribution >= 0.6 is 23.2 Å². The number of ketones is 1. The van der Waals surface area contributed by atoms with E-state index in [1.807, 2.05) is 0 Å². The Morgan fingerprint density at radius 3 is 2.54 bits per heavy atom. The van der Waals surface area contributed by atoms with Gasteiger partial charge in [0, 0.05) is 29.8 Å². The van der Waals surface area contributed by atoms with Crippen molar-refractivity contribution >= 4 is 48.9 Å². The molecule has 0 bridgehead atoms. The van der Waals surface area contributed by atoms with Crippen molar-refractivity contribution in [2.45, 2.75) is 49.6 Å². The molecule has 13 heteroatoms. The predicted octanol–water partition coefficient (Wildman–Crippen LogP) is 4.69. The fourth-order valence-corrected chi connectivity index (χ4v) is 8.09. The first-order chi connectivity index (χ1) is 17.3. The normalized spacial score (nSPS) is 16.9. The quantitative estimate of drug-likeness (QED) is 0.288. The maximum Gasteiger partial charge on any atom is 0.342 e. The van der Waals surface area contributed by atoms with Crippen LogP contribution in [0.4, 0.5) is 0 Å². The van der Waals surface area contributed by atoms with Crippen molar-refractivity contribution in [1.82, 2.24) is 9.78 Å². The van der Waals surface area contributed by atoms with Crippen molar-refractivity contribution in [3.8, 4) is 5.88 Å². The molecule has 1 aliphatic heterocycles. The number of hydrogen-bond acceptors (Lipinski definition) is 8. The summed E-state index contributed by atoms with van der Waals surface area (Å²) < 4.78 is 64.1. The van der Waals surface area contributed by atoms with Crippen LogP contribution in [0.15, 0.2) is 40.3 Å². The van der Waals surface area contributed by atoms with Gasteiger partial charge in [-0.1, -0.05) is 23.2 Å². The van der Waals surface area contributed by atoms with E-state index in [1.54, 1.807) is 20.8 Å². The van der Waals surface area contributed by atoms with Crippen LogP contribution in [-0.4, -0.2) is 45.3 Å². The van der Waals surface area contributed by atoms with E-state index in [4.69, 9.17) is 32.1 Å². The first kappa shape index (κ1) is 27.6. The number of nitrogens with zero attached hydrogens (tertiary/aromatic N) is 2. The second-order valence-electron chi connectivity index (χ2n) is 8.56. The number of carbonyl (C=O) groups is 1. The molecule has 1 aromatic heterocycles. The van der Waals surface area contributed by atoms with Gasteiger partial charge < -0.3 is 8.92 Å². The van der Waals surface area contributed by atoms with E-state index in [1.165, 1.54) is 36.2 Å². The highest BCUT2D eigenvalue weighted by molar-refractivity contribution is 7.91. The summed E-state index contributed by atoms with van der Waals surface area (Å²) in [5.41, 5.74) is 1.33. The first-order valence-corrected chi connectivity index (χ1v) is 15.0. The van der Waals surface area contributed by atoms with Gasteiger partial charge in [0.05, 0.1) is 28.0 Å². The number of methoxy groups -OCH3 is 1. The minimum absolute atomic E-state index is 0.0583. The van der Waals surface area contributed by atoms with Gasteiger partial charge in [-0.2, -0.15) is 13.5 Å². The van der Waals surface area contributed by atoms with Gasteiger partial charge >= 0.3 is 10.1 Å². The monoisotopic (exact) mass is 586 g/mol. The fourth-order valence-electron chi connectivity index (χ4n) is 4.50. The summed E-state index contributed by atoms with van der Waals surface area (Å²) in [6, 6.07) is 5.39. The minimum atomic E-state index is -4.50. The van der Waals surface area contributed by atoms with Crippen LogP contribution in [0.1, 0.15) is 52.1 Å². The molecule has 3 aromatic rings. The van der Waals surface area contributed by atoms with E-state index in [0.29, 0.717) is 16.7 Å². The third-order valence-electron chi connectivity index (χ3n) is 6.27. The highest BCUT2D eigenvalue weighted by atomic mass is 35.5. The number of carbonyl (C=O) groups excluding carboxylic acids is 1. The molecule has 0 amide bonds. The number of halogens is 2. The zero-order valence-corrected chi connectivity index (χ0v) is 23.6. The van der Waals surface area contributed by atoms with E-state index in [0.717, 1.165) is 6.07 Å². The van der Waals surface area contributed by atoms with E-state index in [2.05, 4.69) is 5.10 Å². The van der Waals surface area contributed by atoms with Crippen molar-refractivity contribution in [3.05, 3.63) is 68.3 Å². The Bertz CT molecular complexity index is 1630. The number of aromatic nitrogens is 2. The summed E-state index contributed by atoms with van der Waals surface area (Å²) in [6.07, 6.45) is 0.962. The molecule has 9 nitrogen and oxygen atoms in total. The second-order valence-corrected chi connectivity index (χ2v) is 13.0. The van der Waals surface area contributed by atoms with Crippen molar-refractivity contribution in [2.75, 3.05) is 12.9 Å². The largest absolute Gasteiger partial charge is 0.377 e. The molecular formula is C24H24Cl2N2O7S2. The van der Waals surface area contributed by atoms with Gasteiger partial charge in [0.2, 0.25) is 5.88 Å². The topological polar surface area (TPSA) is 122 Å². The lowest BCUT2D eigenvalue weighted by molar-refractivity contribution is 0.0951. The average molecular weight is 588 g/mol. The number of hydrogen-bond donors (Lipinski definition) is 0. The number of rotatable bonds is 7. The third-order valence-corrected chi connectivity index (χ3v) is 10.1. The van der Waals surface area contributed by atoms with Crippen molar-refractivity contribution in [3.63, 3.8) is 0 Å². The van der Waals surface area contributed by atoms with Gasteiger partial charge in [-0.15, -0.1) is 0 Å². The Hall–Kier alpha value is -2.44. The molecule has 0 spiro atoms. The van der Waals surface area contributed by atoms with Crippen molar-refractivity contribution in [1.29, 1.82) is 0 Å². The van der Waals surface area contributed by atoms with E-state index >= 15 is 0 Å². The van der Waals surface area contributed by atoms with Gasteiger partial charge in [-0.25, -0.2) is 13.1 Å². The number of ether oxygens (including phenoxy) is 1. The molecule has 2 heterocycles. The molecule has 1 atom stereocenters. The zero-order chi connectivity index (χ0) is 27.3. The number of sulfone groups is 1. The summed E-state index contributed by atoms with van der Waals surface area (Å²) in [4.78, 5) is 13.6. The van der Waals surface area contributed by atoms with E-state index < -0.39 is 31.8 Å². The van der Waals surface area contributed by atoms with Gasteiger partial charge in [0.15, 0.2) is 15.6 Å². The molecule has 2 aromatic carbocycles. The standard InChI is InChI=1S/C24H24Cl2N2O7S2/c1-5-28-24(35-37(32,33)20-11-15(25)6-7-18(20)26)17(12-27-28)22(29)16-10-13(2)23-21(14(16)3)19(34-4)8-9-36(23,30)31/h6-7,10-12,19H,5,8-9H2,1-4H3. The summed E-state index contributed by atoms with van der Waals surface area (Å²) in [5.74, 6) is -0.936. The summed E-state index contributed by atoms with van der Waals surface area (Å²) in [7, 11) is -6.56. The fraction of sp³-hybridized carbons (Fsp3) is 0.333. The molecule has 0 radical (unpaired) electrons. The molecule has 1 aliphatic rings. The van der Waals surface area contributed by atoms with Gasteiger partial charge in [0.25, 0.3) is 0 Å². The van der Waals surface area contributed by atoms with Gasteiger partial charge in [-0.05, 0) is 62.6 Å².